The Morgan fingerprint density at radius 3 is 2.44 bits per heavy atom. The molecule has 0 aliphatic heterocycles. The van der Waals surface area contributed by atoms with Crippen LogP contribution in [0.1, 0.15) is 20.3 Å². The maximum Gasteiger partial charge on any atom is 0.226 e. The van der Waals surface area contributed by atoms with Crippen molar-refractivity contribution in [2.24, 2.45) is 11.7 Å². The molecule has 3 N–H and O–H groups in total. The summed E-state index contributed by atoms with van der Waals surface area (Å²) in [5.41, 5.74) is 10.1. The summed E-state index contributed by atoms with van der Waals surface area (Å²) in [5.74, 6) is 0.362. The molecule has 0 aliphatic carbocycles. The zero-order valence-corrected chi connectivity index (χ0v) is 18.2. The molecule has 3 aromatic heterocycles. The van der Waals surface area contributed by atoms with Crippen LogP contribution in [0.25, 0.3) is 33.4 Å². The summed E-state index contributed by atoms with van der Waals surface area (Å²) in [4.78, 5) is 21.0. The van der Waals surface area contributed by atoms with Crippen molar-refractivity contribution in [2.75, 3.05) is 11.9 Å². The van der Waals surface area contributed by atoms with Gasteiger partial charge in [-0.25, -0.2) is 9.37 Å². The lowest BCUT2D eigenvalue weighted by Crippen LogP contribution is -2.17. The quantitative estimate of drug-likeness (QED) is 0.438. The molecule has 7 heteroatoms. The smallest absolute Gasteiger partial charge is 0.226 e. The number of pyridine rings is 2. The Balaban J connectivity index is 2.00. The molecule has 3 heterocycles. The molecule has 0 unspecified atom stereocenters. The van der Waals surface area contributed by atoms with Crippen molar-refractivity contribution < 1.29 is 9.18 Å². The molecule has 0 spiro atoms. The number of amides is 1. The fraction of sp³-hybridized carbons (Fsp3) is 0.240. The van der Waals surface area contributed by atoms with Gasteiger partial charge < -0.3 is 15.6 Å². The number of carbonyl (C=O) groups excluding carboxylic acids is 1. The van der Waals surface area contributed by atoms with E-state index in [1.807, 2.05) is 18.2 Å². The molecule has 0 bridgehead atoms. The van der Waals surface area contributed by atoms with Crippen LogP contribution in [0.3, 0.4) is 0 Å². The third-order valence-electron chi connectivity index (χ3n) is 5.18. The van der Waals surface area contributed by atoms with Crippen molar-refractivity contribution in [3.8, 4) is 22.4 Å². The topological polar surface area (TPSA) is 85.8 Å². The lowest BCUT2D eigenvalue weighted by Gasteiger charge is -2.15. The minimum Gasteiger partial charge on any atom is -0.330 e. The number of nitrogens with one attached hydrogen (secondary N) is 1. The fourth-order valence-electron chi connectivity index (χ4n) is 3.89. The van der Waals surface area contributed by atoms with E-state index < -0.39 is 0 Å². The summed E-state index contributed by atoms with van der Waals surface area (Å²) in [6.45, 7) is 5.26. The van der Waals surface area contributed by atoms with E-state index in [0.29, 0.717) is 18.3 Å². The average Bonchev–Trinajstić information content (AvgIpc) is 3.08. The number of halogens is 1. The van der Waals surface area contributed by atoms with Gasteiger partial charge in [-0.1, -0.05) is 13.8 Å². The number of nitrogens with two attached hydrogens (primary N) is 1. The first-order valence-electron chi connectivity index (χ1n) is 10.7. The fourth-order valence-corrected chi connectivity index (χ4v) is 3.89. The third-order valence-corrected chi connectivity index (χ3v) is 5.18. The lowest BCUT2D eigenvalue weighted by molar-refractivity contribution is -0.116. The molecular weight excluding hydrogens is 405 g/mol. The number of rotatable bonds is 7. The standard InChI is InChI=1S/C25H26FN5O/c1-16(2)15-31-24(18-3-5-19(26)6-4-18)23(17-10-13-28-14-11-17)20-7-8-21(30-25(20)31)29-22(32)9-12-27/h3-8,10-11,13-14,16H,9,12,15,27H2,1-2H3,(H,29,30,32). The molecule has 0 saturated heterocycles. The molecule has 1 amide bonds. The van der Waals surface area contributed by atoms with Crippen LogP contribution in [0.4, 0.5) is 10.2 Å². The molecule has 4 rings (SSSR count). The number of carbonyl (C=O) groups is 1. The minimum atomic E-state index is -0.284. The van der Waals surface area contributed by atoms with Crippen LogP contribution in [0, 0.1) is 11.7 Å². The first-order valence-corrected chi connectivity index (χ1v) is 10.7. The highest BCUT2D eigenvalue weighted by Gasteiger charge is 2.22. The van der Waals surface area contributed by atoms with E-state index in [1.54, 1.807) is 30.6 Å². The van der Waals surface area contributed by atoms with Crippen LogP contribution in [0.5, 0.6) is 0 Å². The normalized spacial score (nSPS) is 11.3. The third kappa shape index (κ3) is 4.38. The number of benzene rings is 1. The van der Waals surface area contributed by atoms with Gasteiger partial charge in [-0.3, -0.25) is 9.78 Å². The lowest BCUT2D eigenvalue weighted by atomic mass is 9.99. The Labute approximate surface area is 186 Å². The Morgan fingerprint density at radius 1 is 1.06 bits per heavy atom. The molecule has 32 heavy (non-hydrogen) atoms. The van der Waals surface area contributed by atoms with E-state index in [9.17, 15) is 9.18 Å². The number of aromatic nitrogens is 3. The van der Waals surface area contributed by atoms with Crippen LogP contribution in [0.15, 0.2) is 60.9 Å². The molecule has 0 aliphatic rings. The highest BCUT2D eigenvalue weighted by Crippen LogP contribution is 2.41. The van der Waals surface area contributed by atoms with E-state index in [2.05, 4.69) is 28.7 Å². The molecular formula is C25H26FN5O. The second kappa shape index (κ2) is 9.28. The van der Waals surface area contributed by atoms with Gasteiger partial charge in [-0.15, -0.1) is 0 Å². The van der Waals surface area contributed by atoms with Gasteiger partial charge in [0.1, 0.15) is 17.3 Å². The largest absolute Gasteiger partial charge is 0.330 e. The van der Waals surface area contributed by atoms with Crippen LogP contribution in [-0.4, -0.2) is 27.0 Å². The van der Waals surface area contributed by atoms with E-state index >= 15 is 0 Å². The van der Waals surface area contributed by atoms with Crippen LogP contribution < -0.4 is 11.1 Å². The van der Waals surface area contributed by atoms with Gasteiger partial charge in [0.05, 0.1) is 5.69 Å². The Kier molecular flexibility index (Phi) is 6.28. The van der Waals surface area contributed by atoms with Gasteiger partial charge in [0.25, 0.3) is 0 Å². The molecule has 0 radical (unpaired) electrons. The summed E-state index contributed by atoms with van der Waals surface area (Å²) in [7, 11) is 0. The van der Waals surface area contributed by atoms with Crippen molar-refractivity contribution in [3.63, 3.8) is 0 Å². The minimum absolute atomic E-state index is 0.172. The summed E-state index contributed by atoms with van der Waals surface area (Å²) >= 11 is 0. The zero-order chi connectivity index (χ0) is 22.7. The van der Waals surface area contributed by atoms with Gasteiger partial charge in [0.2, 0.25) is 5.91 Å². The van der Waals surface area contributed by atoms with Crippen molar-refractivity contribution in [1.29, 1.82) is 0 Å². The number of hydrogen-bond acceptors (Lipinski definition) is 4. The first-order chi connectivity index (χ1) is 15.5. The van der Waals surface area contributed by atoms with Crippen molar-refractivity contribution in [1.82, 2.24) is 14.5 Å². The average molecular weight is 432 g/mol. The Bertz CT molecular complexity index is 1230. The second-order valence-electron chi connectivity index (χ2n) is 8.13. The number of hydrogen-bond donors (Lipinski definition) is 2. The molecule has 0 saturated carbocycles. The van der Waals surface area contributed by atoms with Crippen LogP contribution in [0.2, 0.25) is 0 Å². The van der Waals surface area contributed by atoms with Crippen molar-refractivity contribution >= 4 is 22.8 Å². The number of anilines is 1. The van der Waals surface area contributed by atoms with Crippen LogP contribution >= 0.6 is 0 Å². The van der Waals surface area contributed by atoms with E-state index in [-0.39, 0.29) is 24.7 Å². The first kappa shape index (κ1) is 21.6. The van der Waals surface area contributed by atoms with Gasteiger partial charge in [0.15, 0.2) is 0 Å². The van der Waals surface area contributed by atoms with Crippen molar-refractivity contribution in [3.05, 3.63) is 66.7 Å². The van der Waals surface area contributed by atoms with E-state index in [1.165, 1.54) is 12.1 Å². The maximum atomic E-state index is 13.7. The predicted molar refractivity (Wildman–Crippen MR) is 125 cm³/mol. The maximum absolute atomic E-state index is 13.7. The molecule has 4 aromatic rings. The number of nitrogens with zero attached hydrogens (tertiary/aromatic N) is 3. The summed E-state index contributed by atoms with van der Waals surface area (Å²) < 4.78 is 15.9. The number of fused-ring (bicyclic) bond motifs is 1. The van der Waals surface area contributed by atoms with Gasteiger partial charge in [-0.2, -0.15) is 0 Å². The highest BCUT2D eigenvalue weighted by atomic mass is 19.1. The highest BCUT2D eigenvalue weighted by molar-refractivity contribution is 6.04. The molecule has 6 nitrogen and oxygen atoms in total. The van der Waals surface area contributed by atoms with Gasteiger partial charge in [0, 0.05) is 42.9 Å². The van der Waals surface area contributed by atoms with Crippen LogP contribution in [-0.2, 0) is 11.3 Å². The predicted octanol–water partition coefficient (Wildman–Crippen LogP) is 4.85. The molecule has 0 fully saturated rings. The second-order valence-corrected chi connectivity index (χ2v) is 8.13. The van der Waals surface area contributed by atoms with Gasteiger partial charge >= 0.3 is 0 Å². The zero-order valence-electron chi connectivity index (χ0n) is 18.2. The summed E-state index contributed by atoms with van der Waals surface area (Å²) in [6.07, 6.45) is 3.74. The molecule has 1 aromatic carbocycles. The summed E-state index contributed by atoms with van der Waals surface area (Å²) in [6, 6.07) is 14.2. The van der Waals surface area contributed by atoms with E-state index in [4.69, 9.17) is 10.7 Å². The van der Waals surface area contributed by atoms with Crippen molar-refractivity contribution in [2.45, 2.75) is 26.8 Å². The monoisotopic (exact) mass is 431 g/mol. The Hall–Kier alpha value is -3.58. The van der Waals surface area contributed by atoms with Gasteiger partial charge in [-0.05, 0) is 65.6 Å². The molecule has 164 valence electrons. The Morgan fingerprint density at radius 2 is 1.78 bits per heavy atom. The molecule has 0 atom stereocenters. The SMILES string of the molecule is CC(C)Cn1c(-c2ccc(F)cc2)c(-c2ccncc2)c2ccc(NC(=O)CCN)nc21. The van der Waals surface area contributed by atoms with E-state index in [0.717, 1.165) is 33.4 Å². The summed E-state index contributed by atoms with van der Waals surface area (Å²) in [5, 5.41) is 3.78.